The Balaban J connectivity index is 2.25. The van der Waals surface area contributed by atoms with E-state index < -0.39 is 5.97 Å². The minimum atomic E-state index is -0.896. The first-order valence-corrected chi connectivity index (χ1v) is 6.53. The molecule has 0 unspecified atom stereocenters. The highest BCUT2D eigenvalue weighted by Gasteiger charge is 2.07. The Morgan fingerprint density at radius 1 is 1.17 bits per heavy atom. The van der Waals surface area contributed by atoms with Gasteiger partial charge in [-0.25, -0.2) is 4.79 Å². The molecular weight excluding hydrogens is 268 g/mol. The second kappa shape index (κ2) is 5.46. The fourth-order valence-corrected chi connectivity index (χ4v) is 2.84. The van der Waals surface area contributed by atoms with Crippen LogP contribution in [-0.2, 0) is 0 Å². The van der Waals surface area contributed by atoms with Gasteiger partial charge < -0.3 is 5.11 Å². The smallest absolute Gasteiger partial charge is 0.335 e. The van der Waals surface area contributed by atoms with E-state index in [1.807, 2.05) is 36.4 Å². The van der Waals surface area contributed by atoms with Gasteiger partial charge in [-0.3, -0.25) is 0 Å². The third-order valence-corrected chi connectivity index (χ3v) is 3.67. The molecule has 2 aromatic carbocycles. The molecule has 2 rings (SSSR count). The van der Waals surface area contributed by atoms with E-state index in [0.717, 1.165) is 15.4 Å². The molecule has 0 aromatic heterocycles. The molecular formula is C14H11ClO2S. The first kappa shape index (κ1) is 13.0. The van der Waals surface area contributed by atoms with Gasteiger partial charge in [0.2, 0.25) is 0 Å². The van der Waals surface area contributed by atoms with Crippen LogP contribution >= 0.6 is 23.4 Å². The lowest BCUT2D eigenvalue weighted by Gasteiger charge is -2.05. The third kappa shape index (κ3) is 3.06. The van der Waals surface area contributed by atoms with Crippen LogP contribution in [0.15, 0.2) is 52.3 Å². The monoisotopic (exact) mass is 278 g/mol. The van der Waals surface area contributed by atoms with Crippen LogP contribution in [0.25, 0.3) is 0 Å². The summed E-state index contributed by atoms with van der Waals surface area (Å²) in [4.78, 5) is 12.9. The largest absolute Gasteiger partial charge is 0.478 e. The quantitative estimate of drug-likeness (QED) is 0.898. The average molecular weight is 279 g/mol. The Hall–Kier alpha value is -1.45. The number of carboxylic acids is 1. The van der Waals surface area contributed by atoms with Crippen LogP contribution in [0.4, 0.5) is 0 Å². The van der Waals surface area contributed by atoms with Crippen molar-refractivity contribution in [3.8, 4) is 0 Å². The van der Waals surface area contributed by atoms with E-state index in [4.69, 9.17) is 16.7 Å². The summed E-state index contributed by atoms with van der Waals surface area (Å²) >= 11 is 7.48. The molecule has 0 saturated carbocycles. The molecule has 1 N–H and O–H groups in total. The lowest BCUT2D eigenvalue weighted by atomic mass is 10.1. The predicted octanol–water partition coefficient (Wildman–Crippen LogP) is 4.50. The van der Waals surface area contributed by atoms with E-state index in [-0.39, 0.29) is 0 Å². The number of hydrogen-bond acceptors (Lipinski definition) is 2. The average Bonchev–Trinajstić information content (AvgIpc) is 2.28. The van der Waals surface area contributed by atoms with Gasteiger partial charge in [-0.2, -0.15) is 0 Å². The maximum Gasteiger partial charge on any atom is 0.335 e. The summed E-state index contributed by atoms with van der Waals surface area (Å²) in [5.41, 5.74) is 1.10. The van der Waals surface area contributed by atoms with Crippen LogP contribution in [0.2, 0.25) is 5.02 Å². The topological polar surface area (TPSA) is 37.3 Å². The van der Waals surface area contributed by atoms with Crippen molar-refractivity contribution in [2.45, 2.75) is 16.7 Å². The number of halogens is 1. The lowest BCUT2D eigenvalue weighted by Crippen LogP contribution is -1.98. The fourth-order valence-electron chi connectivity index (χ4n) is 1.61. The number of aromatic carboxylic acids is 1. The van der Waals surface area contributed by atoms with Crippen LogP contribution in [0.3, 0.4) is 0 Å². The van der Waals surface area contributed by atoms with Gasteiger partial charge in [-0.1, -0.05) is 29.4 Å². The van der Waals surface area contributed by atoms with E-state index in [0.29, 0.717) is 10.6 Å². The van der Waals surface area contributed by atoms with Gasteiger partial charge in [0.15, 0.2) is 0 Å². The molecule has 2 nitrogen and oxygen atoms in total. The second-order valence-corrected chi connectivity index (χ2v) is 5.42. The van der Waals surface area contributed by atoms with Gasteiger partial charge in [0.05, 0.1) is 5.56 Å². The van der Waals surface area contributed by atoms with E-state index >= 15 is 0 Å². The Morgan fingerprint density at radius 2 is 1.89 bits per heavy atom. The fraction of sp³-hybridized carbons (Fsp3) is 0.0714. The van der Waals surface area contributed by atoms with Crippen LogP contribution in [0.1, 0.15) is 15.9 Å². The van der Waals surface area contributed by atoms with Crippen molar-refractivity contribution in [2.24, 2.45) is 0 Å². The van der Waals surface area contributed by atoms with Crippen molar-refractivity contribution >= 4 is 29.3 Å². The molecule has 4 heteroatoms. The van der Waals surface area contributed by atoms with Crippen molar-refractivity contribution in [2.75, 3.05) is 0 Å². The number of carbonyl (C=O) groups is 1. The van der Waals surface area contributed by atoms with E-state index in [1.165, 1.54) is 0 Å². The molecule has 0 bridgehead atoms. The molecule has 0 aliphatic carbocycles. The molecule has 2 aromatic rings. The summed E-state index contributed by atoms with van der Waals surface area (Å²) in [5.74, 6) is -0.896. The Bertz CT molecular complexity index is 596. The first-order valence-electron chi connectivity index (χ1n) is 5.33. The zero-order chi connectivity index (χ0) is 13.1. The van der Waals surface area contributed by atoms with Gasteiger partial charge in [0, 0.05) is 14.8 Å². The van der Waals surface area contributed by atoms with E-state index in [2.05, 4.69) is 0 Å². The van der Waals surface area contributed by atoms with Gasteiger partial charge in [-0.05, 0) is 48.9 Å². The highest BCUT2D eigenvalue weighted by molar-refractivity contribution is 7.99. The molecule has 0 saturated heterocycles. The Labute approximate surface area is 115 Å². The zero-order valence-electron chi connectivity index (χ0n) is 9.68. The predicted molar refractivity (Wildman–Crippen MR) is 73.7 cm³/mol. The van der Waals surface area contributed by atoms with E-state index in [1.54, 1.807) is 24.8 Å². The van der Waals surface area contributed by atoms with Gasteiger partial charge >= 0.3 is 5.97 Å². The molecule has 0 spiro atoms. The van der Waals surface area contributed by atoms with Gasteiger partial charge in [0.25, 0.3) is 0 Å². The maximum absolute atomic E-state index is 10.9. The zero-order valence-corrected chi connectivity index (χ0v) is 11.3. The van der Waals surface area contributed by atoms with Crippen LogP contribution < -0.4 is 0 Å². The highest BCUT2D eigenvalue weighted by Crippen LogP contribution is 2.30. The summed E-state index contributed by atoms with van der Waals surface area (Å²) in [6, 6.07) is 12.9. The van der Waals surface area contributed by atoms with Gasteiger partial charge in [-0.15, -0.1) is 0 Å². The summed E-state index contributed by atoms with van der Waals surface area (Å²) < 4.78 is 0. The summed E-state index contributed by atoms with van der Waals surface area (Å²) in [6.45, 7) is 1.80. The molecule has 0 aliphatic heterocycles. The van der Waals surface area contributed by atoms with Crippen molar-refractivity contribution in [1.29, 1.82) is 0 Å². The van der Waals surface area contributed by atoms with Crippen molar-refractivity contribution in [1.82, 2.24) is 0 Å². The van der Waals surface area contributed by atoms with Gasteiger partial charge in [0.1, 0.15) is 0 Å². The molecule has 92 valence electrons. The standard InChI is InChI=1S/C14H11ClO2S/c1-9-7-12(5-6-13(9)14(16)17)18-11-4-2-3-10(15)8-11/h2-8H,1H3,(H,16,17). The van der Waals surface area contributed by atoms with Crippen molar-refractivity contribution < 1.29 is 9.90 Å². The number of hydrogen-bond donors (Lipinski definition) is 1. The molecule has 18 heavy (non-hydrogen) atoms. The van der Waals surface area contributed by atoms with E-state index in [9.17, 15) is 4.79 Å². The van der Waals surface area contributed by atoms with Crippen molar-refractivity contribution in [3.05, 3.63) is 58.6 Å². The molecule has 0 radical (unpaired) electrons. The minimum absolute atomic E-state index is 0.338. The van der Waals surface area contributed by atoms with Crippen LogP contribution in [0.5, 0.6) is 0 Å². The summed E-state index contributed by atoms with van der Waals surface area (Å²) in [5, 5.41) is 9.65. The minimum Gasteiger partial charge on any atom is -0.478 e. The van der Waals surface area contributed by atoms with Crippen LogP contribution in [-0.4, -0.2) is 11.1 Å². The number of aryl methyl sites for hydroxylation is 1. The molecule has 0 fully saturated rings. The Morgan fingerprint density at radius 3 is 2.50 bits per heavy atom. The maximum atomic E-state index is 10.9. The highest BCUT2D eigenvalue weighted by atomic mass is 35.5. The van der Waals surface area contributed by atoms with Crippen molar-refractivity contribution in [3.63, 3.8) is 0 Å². The molecule has 0 aliphatic rings. The van der Waals surface area contributed by atoms with Crippen LogP contribution in [0, 0.1) is 6.92 Å². The SMILES string of the molecule is Cc1cc(Sc2cccc(Cl)c2)ccc1C(=O)O. The number of benzene rings is 2. The third-order valence-electron chi connectivity index (χ3n) is 2.46. The number of carboxylic acid groups (broad SMARTS) is 1. The summed E-state index contributed by atoms with van der Waals surface area (Å²) in [6.07, 6.45) is 0. The lowest BCUT2D eigenvalue weighted by molar-refractivity contribution is 0.0696. The molecule has 0 amide bonds. The molecule has 0 heterocycles. The normalized spacial score (nSPS) is 10.3. The summed E-state index contributed by atoms with van der Waals surface area (Å²) in [7, 11) is 0. The Kier molecular flexibility index (Phi) is 3.94. The molecule has 0 atom stereocenters. The number of rotatable bonds is 3. The first-order chi connectivity index (χ1) is 8.56. The second-order valence-electron chi connectivity index (χ2n) is 3.84.